The van der Waals surface area contributed by atoms with Crippen LogP contribution in [-0.4, -0.2) is 25.7 Å². The Kier molecular flexibility index (Phi) is 4.76. The van der Waals surface area contributed by atoms with Gasteiger partial charge in [-0.2, -0.15) is 0 Å². The second-order valence-corrected chi connectivity index (χ2v) is 8.77. The molecule has 0 fully saturated rings. The van der Waals surface area contributed by atoms with Gasteiger partial charge in [0.2, 0.25) is 0 Å². The van der Waals surface area contributed by atoms with E-state index in [0.29, 0.717) is 0 Å². The number of rotatable bonds is 5. The zero-order chi connectivity index (χ0) is 13.3. The molecule has 1 aromatic rings. The maximum atomic E-state index is 12.1. The number of hydrogen-bond acceptors (Lipinski definition) is 4. The Balaban J connectivity index is 3.01. The van der Waals surface area contributed by atoms with Gasteiger partial charge in [-0.25, -0.2) is 13.1 Å². The quantitative estimate of drug-likeness (QED) is 0.862. The summed E-state index contributed by atoms with van der Waals surface area (Å²) in [5.74, 6) is -0.00863. The highest BCUT2D eigenvalue weighted by molar-refractivity contribution is 9.11. The number of nitrogens with one attached hydrogen (secondary N) is 1. The zero-order valence-electron chi connectivity index (χ0n) is 9.90. The Hall–Kier alpha value is 0.0500. The highest BCUT2D eigenvalue weighted by Gasteiger charge is 2.33. The zero-order valence-corrected chi connectivity index (χ0v) is 13.1. The molecule has 1 aromatic heterocycles. The number of aliphatic hydroxyl groups is 1. The Morgan fingerprint density at radius 2 is 2.12 bits per heavy atom. The fraction of sp³-hybridized carbons (Fsp3) is 0.600. The van der Waals surface area contributed by atoms with Crippen molar-refractivity contribution in [1.82, 2.24) is 4.72 Å². The number of hydrogen-bond donors (Lipinski definition) is 2. The molecule has 0 aliphatic heterocycles. The van der Waals surface area contributed by atoms with E-state index in [2.05, 4.69) is 20.7 Å². The second-order valence-electron chi connectivity index (χ2n) is 4.39. The van der Waals surface area contributed by atoms with Crippen LogP contribution in [0.5, 0.6) is 0 Å². The molecule has 0 unspecified atom stereocenters. The molecule has 98 valence electrons. The molecule has 0 bridgehead atoms. The number of halogens is 1. The largest absolute Gasteiger partial charge is 0.394 e. The van der Waals surface area contributed by atoms with Gasteiger partial charge < -0.3 is 5.11 Å². The number of thiophene rings is 1. The third-order valence-corrected chi connectivity index (χ3v) is 6.51. The van der Waals surface area contributed by atoms with Gasteiger partial charge in [0.25, 0.3) is 10.0 Å². The lowest BCUT2D eigenvalue weighted by Gasteiger charge is -2.32. The Morgan fingerprint density at radius 1 is 1.53 bits per heavy atom. The van der Waals surface area contributed by atoms with Gasteiger partial charge in [0.15, 0.2) is 0 Å². The summed E-state index contributed by atoms with van der Waals surface area (Å²) in [6.45, 7) is 5.18. The van der Waals surface area contributed by atoms with E-state index in [0.717, 1.165) is 15.1 Å². The monoisotopic (exact) mass is 341 g/mol. The summed E-state index contributed by atoms with van der Waals surface area (Å²) >= 11 is 4.37. The number of aliphatic hydroxyl groups excluding tert-OH is 1. The van der Waals surface area contributed by atoms with Crippen molar-refractivity contribution in [3.8, 4) is 0 Å². The minimum absolute atomic E-state index is 0.00863. The van der Waals surface area contributed by atoms with Crippen molar-refractivity contribution in [2.24, 2.45) is 5.92 Å². The van der Waals surface area contributed by atoms with Crippen LogP contribution in [0, 0.1) is 5.92 Å². The molecule has 0 amide bonds. The molecule has 0 saturated heterocycles. The molecular weight excluding hydrogens is 326 g/mol. The van der Waals surface area contributed by atoms with Crippen LogP contribution in [0.3, 0.4) is 0 Å². The Labute approximate surface area is 114 Å². The predicted molar refractivity (Wildman–Crippen MR) is 72.7 cm³/mol. The van der Waals surface area contributed by atoms with Gasteiger partial charge in [-0.3, -0.25) is 0 Å². The first-order valence-corrected chi connectivity index (χ1v) is 8.21. The normalized spacial score (nSPS) is 16.1. The number of sulfonamides is 1. The van der Waals surface area contributed by atoms with E-state index >= 15 is 0 Å². The van der Waals surface area contributed by atoms with Crippen LogP contribution in [0.1, 0.15) is 20.8 Å². The lowest BCUT2D eigenvalue weighted by Crippen LogP contribution is -2.52. The van der Waals surface area contributed by atoms with Gasteiger partial charge in [0.05, 0.1) is 15.9 Å². The summed E-state index contributed by atoms with van der Waals surface area (Å²) in [5.41, 5.74) is -0.852. The minimum atomic E-state index is -3.58. The second kappa shape index (κ2) is 5.36. The van der Waals surface area contributed by atoms with Crippen LogP contribution in [0.15, 0.2) is 20.1 Å². The van der Waals surface area contributed by atoms with E-state index in [4.69, 9.17) is 0 Å². The van der Waals surface area contributed by atoms with Crippen molar-refractivity contribution < 1.29 is 13.5 Å². The molecule has 1 atom stereocenters. The molecule has 0 aromatic carbocycles. The van der Waals surface area contributed by atoms with Crippen molar-refractivity contribution >= 4 is 37.3 Å². The first-order valence-electron chi connectivity index (χ1n) is 5.11. The van der Waals surface area contributed by atoms with Crippen molar-refractivity contribution in [2.75, 3.05) is 6.61 Å². The van der Waals surface area contributed by atoms with Gasteiger partial charge >= 0.3 is 0 Å². The molecule has 0 saturated carbocycles. The highest BCUT2D eigenvalue weighted by Crippen LogP contribution is 2.28. The maximum Gasteiger partial charge on any atom is 0.250 e. The topological polar surface area (TPSA) is 66.4 Å². The lowest BCUT2D eigenvalue weighted by molar-refractivity contribution is 0.155. The van der Waals surface area contributed by atoms with E-state index in [-0.39, 0.29) is 16.7 Å². The standard InChI is InChI=1S/C10H16BrNO3S2/c1-7(2)10(3,6-13)12-17(14,15)9-5-4-8(11)16-9/h4-5,7,12-13H,6H2,1-3H3/t10-/m0/s1. The van der Waals surface area contributed by atoms with E-state index in [1.165, 1.54) is 6.07 Å². The maximum absolute atomic E-state index is 12.1. The molecule has 0 aliphatic carbocycles. The predicted octanol–water partition coefficient (Wildman–Crippen LogP) is 2.20. The van der Waals surface area contributed by atoms with Gasteiger partial charge in [0, 0.05) is 0 Å². The van der Waals surface area contributed by atoms with Crippen LogP contribution in [-0.2, 0) is 10.0 Å². The molecule has 4 nitrogen and oxygen atoms in total. The van der Waals surface area contributed by atoms with E-state index < -0.39 is 15.6 Å². The van der Waals surface area contributed by atoms with Crippen molar-refractivity contribution in [1.29, 1.82) is 0 Å². The first-order chi connectivity index (χ1) is 7.71. The molecule has 2 N–H and O–H groups in total. The van der Waals surface area contributed by atoms with Gasteiger partial charge in [0.1, 0.15) is 4.21 Å². The minimum Gasteiger partial charge on any atom is -0.394 e. The SMILES string of the molecule is CC(C)[C@](C)(CO)NS(=O)(=O)c1ccc(Br)s1. The van der Waals surface area contributed by atoms with Crippen LogP contribution in [0.4, 0.5) is 0 Å². The van der Waals surface area contributed by atoms with Crippen LogP contribution in [0.25, 0.3) is 0 Å². The molecule has 7 heteroatoms. The molecule has 17 heavy (non-hydrogen) atoms. The molecular formula is C10H16BrNO3S2. The molecule has 0 spiro atoms. The molecule has 0 radical (unpaired) electrons. The summed E-state index contributed by atoms with van der Waals surface area (Å²) in [7, 11) is -3.58. The average Bonchev–Trinajstić information content (AvgIpc) is 2.64. The van der Waals surface area contributed by atoms with Crippen LogP contribution < -0.4 is 4.72 Å². The molecule has 0 aliphatic rings. The van der Waals surface area contributed by atoms with Crippen LogP contribution >= 0.6 is 27.3 Å². The summed E-state index contributed by atoms with van der Waals surface area (Å²) in [5, 5.41) is 9.34. The average molecular weight is 342 g/mol. The first kappa shape index (κ1) is 15.1. The Bertz CT molecular complexity index is 483. The van der Waals surface area contributed by atoms with Gasteiger partial charge in [-0.15, -0.1) is 11.3 Å². The third-order valence-electron chi connectivity index (χ3n) is 2.78. The van der Waals surface area contributed by atoms with E-state index in [1.807, 2.05) is 13.8 Å². The van der Waals surface area contributed by atoms with Crippen molar-refractivity contribution in [3.05, 3.63) is 15.9 Å². The summed E-state index contributed by atoms with van der Waals surface area (Å²) < 4.78 is 27.7. The van der Waals surface area contributed by atoms with Crippen molar-refractivity contribution in [2.45, 2.75) is 30.5 Å². The summed E-state index contributed by atoms with van der Waals surface area (Å²) in [6.07, 6.45) is 0. The third kappa shape index (κ3) is 3.51. The summed E-state index contributed by atoms with van der Waals surface area (Å²) in [6, 6.07) is 3.22. The molecule has 1 rings (SSSR count). The Morgan fingerprint density at radius 3 is 2.47 bits per heavy atom. The molecule has 1 heterocycles. The van der Waals surface area contributed by atoms with Crippen LogP contribution in [0.2, 0.25) is 0 Å². The lowest BCUT2D eigenvalue weighted by atomic mass is 9.91. The smallest absolute Gasteiger partial charge is 0.250 e. The van der Waals surface area contributed by atoms with Gasteiger partial charge in [-0.1, -0.05) is 13.8 Å². The highest BCUT2D eigenvalue weighted by atomic mass is 79.9. The van der Waals surface area contributed by atoms with E-state index in [9.17, 15) is 13.5 Å². The van der Waals surface area contributed by atoms with Gasteiger partial charge in [-0.05, 0) is 40.9 Å². The summed E-state index contributed by atoms with van der Waals surface area (Å²) in [4.78, 5) is 0. The van der Waals surface area contributed by atoms with E-state index in [1.54, 1.807) is 13.0 Å². The fourth-order valence-electron chi connectivity index (χ4n) is 1.13. The van der Waals surface area contributed by atoms with Crippen molar-refractivity contribution in [3.63, 3.8) is 0 Å². The fourth-order valence-corrected chi connectivity index (χ4v) is 4.67.